The number of anilines is 2. The first-order valence-corrected chi connectivity index (χ1v) is 8.46. The average Bonchev–Trinajstić information content (AvgIpc) is 2.92. The molecule has 0 saturated carbocycles. The lowest BCUT2D eigenvalue weighted by molar-refractivity contribution is -0.110. The maximum atomic E-state index is 12.2. The Morgan fingerprint density at radius 2 is 1.75 bits per heavy atom. The minimum Gasteiger partial charge on any atom is -0.373 e. The van der Waals surface area contributed by atoms with Crippen LogP contribution in [-0.4, -0.2) is 37.0 Å². The molecule has 2 aliphatic rings. The van der Waals surface area contributed by atoms with Crippen molar-refractivity contribution in [2.45, 2.75) is 0 Å². The van der Waals surface area contributed by atoms with E-state index in [0.29, 0.717) is 10.6 Å². The van der Waals surface area contributed by atoms with Gasteiger partial charge in [-0.25, -0.2) is 0 Å². The third-order valence-electron chi connectivity index (χ3n) is 4.51. The molecule has 2 heterocycles. The standard InChI is InChI=1S/C19H18ClN3O/c20-14-6-7-18-16(12-14)17(19(24)21-18)13-22-8-10-23(11-9-22)15-4-2-1-3-5-15/h1-7,12-13H,8-11H2,(H,21,24)/b17-13+. The maximum absolute atomic E-state index is 12.2. The van der Waals surface area contributed by atoms with Gasteiger partial charge in [-0.05, 0) is 30.3 Å². The molecule has 122 valence electrons. The highest BCUT2D eigenvalue weighted by Crippen LogP contribution is 2.34. The van der Waals surface area contributed by atoms with E-state index in [-0.39, 0.29) is 5.91 Å². The molecule has 0 radical (unpaired) electrons. The Hall–Kier alpha value is -2.46. The summed E-state index contributed by atoms with van der Waals surface area (Å²) in [5.41, 5.74) is 3.66. The first-order valence-electron chi connectivity index (χ1n) is 8.08. The van der Waals surface area contributed by atoms with Crippen molar-refractivity contribution in [2.75, 3.05) is 36.4 Å². The number of hydrogen-bond acceptors (Lipinski definition) is 3. The van der Waals surface area contributed by atoms with Gasteiger partial charge in [-0.2, -0.15) is 0 Å². The summed E-state index contributed by atoms with van der Waals surface area (Å²) in [5, 5.41) is 3.54. The van der Waals surface area contributed by atoms with Crippen molar-refractivity contribution in [1.29, 1.82) is 0 Å². The molecule has 2 aliphatic heterocycles. The predicted octanol–water partition coefficient (Wildman–Crippen LogP) is 3.46. The highest BCUT2D eigenvalue weighted by atomic mass is 35.5. The number of carbonyl (C=O) groups is 1. The second kappa shape index (κ2) is 6.21. The van der Waals surface area contributed by atoms with Gasteiger partial charge in [-0.1, -0.05) is 29.8 Å². The van der Waals surface area contributed by atoms with E-state index in [1.165, 1.54) is 5.69 Å². The van der Waals surface area contributed by atoms with Gasteiger partial charge in [0.25, 0.3) is 5.91 Å². The molecular formula is C19H18ClN3O. The minimum absolute atomic E-state index is 0.0576. The molecule has 1 amide bonds. The summed E-state index contributed by atoms with van der Waals surface area (Å²) in [4.78, 5) is 16.8. The topological polar surface area (TPSA) is 35.6 Å². The SMILES string of the molecule is O=C1Nc2ccc(Cl)cc2/C1=C\N1CCN(c2ccccc2)CC1. The molecule has 4 rings (SSSR count). The molecule has 1 N–H and O–H groups in total. The number of carbonyl (C=O) groups excluding carboxylic acids is 1. The lowest BCUT2D eigenvalue weighted by atomic mass is 10.1. The van der Waals surface area contributed by atoms with Crippen LogP contribution in [-0.2, 0) is 4.79 Å². The second-order valence-electron chi connectivity index (χ2n) is 6.05. The lowest BCUT2D eigenvalue weighted by Gasteiger charge is -2.35. The van der Waals surface area contributed by atoms with Crippen LogP contribution in [0.15, 0.2) is 54.7 Å². The molecule has 1 fully saturated rings. The molecule has 0 spiro atoms. The monoisotopic (exact) mass is 339 g/mol. The van der Waals surface area contributed by atoms with Gasteiger partial charge >= 0.3 is 0 Å². The Morgan fingerprint density at radius 3 is 2.50 bits per heavy atom. The number of halogens is 1. The predicted molar refractivity (Wildman–Crippen MR) is 98.3 cm³/mol. The summed E-state index contributed by atoms with van der Waals surface area (Å²) in [6.07, 6.45) is 1.97. The van der Waals surface area contributed by atoms with Crippen LogP contribution < -0.4 is 10.2 Å². The molecule has 0 aliphatic carbocycles. The summed E-state index contributed by atoms with van der Waals surface area (Å²) in [7, 11) is 0. The lowest BCUT2D eigenvalue weighted by Crippen LogP contribution is -2.44. The van der Waals surface area contributed by atoms with Crippen molar-refractivity contribution >= 4 is 34.5 Å². The number of hydrogen-bond donors (Lipinski definition) is 1. The van der Waals surface area contributed by atoms with Gasteiger partial charge < -0.3 is 15.1 Å². The summed E-state index contributed by atoms with van der Waals surface area (Å²) >= 11 is 6.08. The zero-order valence-corrected chi connectivity index (χ0v) is 14.0. The average molecular weight is 340 g/mol. The zero-order valence-electron chi connectivity index (χ0n) is 13.2. The molecule has 0 atom stereocenters. The van der Waals surface area contributed by atoms with Crippen LogP contribution in [0.1, 0.15) is 5.56 Å². The molecule has 5 heteroatoms. The fourth-order valence-corrected chi connectivity index (χ4v) is 3.39. The molecule has 2 aromatic carbocycles. The normalized spacial score (nSPS) is 18.7. The number of nitrogens with one attached hydrogen (secondary N) is 1. The first-order chi connectivity index (χ1) is 11.7. The van der Waals surface area contributed by atoms with Crippen molar-refractivity contribution in [1.82, 2.24) is 4.90 Å². The largest absolute Gasteiger partial charge is 0.373 e. The zero-order chi connectivity index (χ0) is 16.5. The number of fused-ring (bicyclic) bond motifs is 1. The Labute approximate surface area is 146 Å². The highest BCUT2D eigenvalue weighted by molar-refractivity contribution is 6.34. The van der Waals surface area contributed by atoms with E-state index < -0.39 is 0 Å². The quantitative estimate of drug-likeness (QED) is 0.851. The summed E-state index contributed by atoms with van der Waals surface area (Å²) in [6, 6.07) is 15.9. The molecular weight excluding hydrogens is 322 g/mol. The van der Waals surface area contributed by atoms with Gasteiger partial charge in [-0.3, -0.25) is 4.79 Å². The molecule has 1 saturated heterocycles. The molecule has 2 aromatic rings. The van der Waals surface area contributed by atoms with Gasteiger partial charge in [0, 0.05) is 54.3 Å². The molecule has 0 bridgehead atoms. The van der Waals surface area contributed by atoms with Crippen LogP contribution in [0, 0.1) is 0 Å². The van der Waals surface area contributed by atoms with E-state index in [1.807, 2.05) is 24.4 Å². The molecule has 4 nitrogen and oxygen atoms in total. The van der Waals surface area contributed by atoms with Crippen LogP contribution in [0.5, 0.6) is 0 Å². The van der Waals surface area contributed by atoms with Crippen LogP contribution in [0.2, 0.25) is 5.02 Å². The van der Waals surface area contributed by atoms with Crippen molar-refractivity contribution in [3.05, 3.63) is 65.3 Å². The van der Waals surface area contributed by atoms with Gasteiger partial charge in [0.1, 0.15) is 0 Å². The number of piperazine rings is 1. The van der Waals surface area contributed by atoms with E-state index >= 15 is 0 Å². The number of nitrogens with zero attached hydrogens (tertiary/aromatic N) is 2. The number of benzene rings is 2. The van der Waals surface area contributed by atoms with Gasteiger partial charge in [0.2, 0.25) is 0 Å². The summed E-state index contributed by atoms with van der Waals surface area (Å²) in [6.45, 7) is 3.67. The number of rotatable bonds is 2. The Morgan fingerprint density at radius 1 is 1.00 bits per heavy atom. The van der Waals surface area contributed by atoms with E-state index in [0.717, 1.165) is 37.4 Å². The van der Waals surface area contributed by atoms with Crippen LogP contribution >= 0.6 is 11.6 Å². The third kappa shape index (κ3) is 2.85. The molecule has 0 aromatic heterocycles. The van der Waals surface area contributed by atoms with Crippen molar-refractivity contribution < 1.29 is 4.79 Å². The van der Waals surface area contributed by atoms with Gasteiger partial charge in [0.15, 0.2) is 0 Å². The fourth-order valence-electron chi connectivity index (χ4n) is 3.22. The van der Waals surface area contributed by atoms with E-state index in [4.69, 9.17) is 11.6 Å². The summed E-state index contributed by atoms with van der Waals surface area (Å²) < 4.78 is 0. The van der Waals surface area contributed by atoms with Gasteiger partial charge in [0.05, 0.1) is 5.57 Å². The second-order valence-corrected chi connectivity index (χ2v) is 6.48. The van der Waals surface area contributed by atoms with Crippen LogP contribution in [0.25, 0.3) is 5.57 Å². The van der Waals surface area contributed by atoms with Crippen LogP contribution in [0.4, 0.5) is 11.4 Å². The maximum Gasteiger partial charge on any atom is 0.257 e. The van der Waals surface area contributed by atoms with Gasteiger partial charge in [-0.15, -0.1) is 0 Å². The van der Waals surface area contributed by atoms with Crippen LogP contribution in [0.3, 0.4) is 0 Å². The fraction of sp³-hybridized carbons (Fsp3) is 0.211. The minimum atomic E-state index is -0.0576. The molecule has 0 unspecified atom stereocenters. The highest BCUT2D eigenvalue weighted by Gasteiger charge is 2.26. The summed E-state index contributed by atoms with van der Waals surface area (Å²) in [5.74, 6) is -0.0576. The van der Waals surface area contributed by atoms with E-state index in [1.54, 1.807) is 6.07 Å². The van der Waals surface area contributed by atoms with Crippen molar-refractivity contribution in [3.8, 4) is 0 Å². The Kier molecular flexibility index (Phi) is 3.90. The van der Waals surface area contributed by atoms with Crippen molar-refractivity contribution in [3.63, 3.8) is 0 Å². The third-order valence-corrected chi connectivity index (χ3v) is 4.75. The Bertz CT molecular complexity index is 796. The molecule has 24 heavy (non-hydrogen) atoms. The van der Waals surface area contributed by atoms with Crippen molar-refractivity contribution in [2.24, 2.45) is 0 Å². The Balaban J connectivity index is 1.50. The number of para-hydroxylation sites is 1. The van der Waals surface area contributed by atoms with E-state index in [9.17, 15) is 4.79 Å². The van der Waals surface area contributed by atoms with E-state index in [2.05, 4.69) is 39.4 Å². The first kappa shape index (κ1) is 15.1. The number of amides is 1. The smallest absolute Gasteiger partial charge is 0.257 e.